The number of aromatic nitrogens is 3. The molecule has 1 fully saturated rings. The first kappa shape index (κ1) is 15.8. The highest BCUT2D eigenvalue weighted by atomic mass is 35.5. The fraction of sp³-hybridized carbons (Fsp3) is 0.692. The summed E-state index contributed by atoms with van der Waals surface area (Å²) in [5, 5.41) is 2.84. The summed E-state index contributed by atoms with van der Waals surface area (Å²) < 4.78 is 0. The summed E-state index contributed by atoms with van der Waals surface area (Å²) in [6, 6.07) is -0.238. The van der Waals surface area contributed by atoms with Crippen LogP contribution in [0.3, 0.4) is 0 Å². The summed E-state index contributed by atoms with van der Waals surface area (Å²) in [6.45, 7) is 6.38. The highest BCUT2D eigenvalue weighted by Gasteiger charge is 2.32. The minimum absolute atomic E-state index is 0.0200. The number of hydrogen-bond acceptors (Lipinski definition) is 6. The van der Waals surface area contributed by atoms with Gasteiger partial charge in [-0.15, -0.1) is 0 Å². The van der Waals surface area contributed by atoms with Crippen molar-refractivity contribution in [1.82, 2.24) is 20.3 Å². The molecule has 1 aromatic heterocycles. The zero-order chi connectivity index (χ0) is 15.4. The minimum Gasteiger partial charge on any atom is -0.357 e. The molecule has 1 unspecified atom stereocenters. The number of hydrogen-bond donors (Lipinski definition) is 1. The Morgan fingerprint density at radius 2 is 2.10 bits per heavy atom. The van der Waals surface area contributed by atoms with E-state index in [2.05, 4.69) is 20.3 Å². The van der Waals surface area contributed by atoms with Gasteiger partial charge in [0.05, 0.1) is 0 Å². The first-order chi connectivity index (χ1) is 10.1. The van der Waals surface area contributed by atoms with Crippen LogP contribution >= 0.6 is 11.6 Å². The van der Waals surface area contributed by atoms with Crippen molar-refractivity contribution in [3.05, 3.63) is 5.28 Å². The molecule has 8 heteroatoms. The van der Waals surface area contributed by atoms with Crippen molar-refractivity contribution in [2.45, 2.75) is 32.7 Å². The van der Waals surface area contributed by atoms with E-state index >= 15 is 0 Å². The van der Waals surface area contributed by atoms with E-state index in [1.807, 2.05) is 23.6 Å². The van der Waals surface area contributed by atoms with Gasteiger partial charge in [-0.1, -0.05) is 0 Å². The summed E-state index contributed by atoms with van der Waals surface area (Å²) in [6.07, 6.45) is 1.73. The molecule has 7 nitrogen and oxygen atoms in total. The van der Waals surface area contributed by atoms with Gasteiger partial charge in [-0.3, -0.25) is 4.79 Å². The summed E-state index contributed by atoms with van der Waals surface area (Å²) in [7, 11) is 1.64. The predicted octanol–water partition coefficient (Wildman–Crippen LogP) is 1.09. The molecule has 1 aromatic rings. The second-order valence-corrected chi connectivity index (χ2v) is 5.18. The Labute approximate surface area is 129 Å². The zero-order valence-corrected chi connectivity index (χ0v) is 13.4. The minimum atomic E-state index is -0.238. The first-order valence-corrected chi connectivity index (χ1v) is 7.63. The van der Waals surface area contributed by atoms with E-state index in [-0.39, 0.29) is 17.2 Å². The fourth-order valence-electron chi connectivity index (χ4n) is 2.55. The van der Waals surface area contributed by atoms with Crippen molar-refractivity contribution in [2.24, 2.45) is 0 Å². The molecule has 2 rings (SSSR count). The van der Waals surface area contributed by atoms with Crippen LogP contribution in [0.2, 0.25) is 5.28 Å². The van der Waals surface area contributed by atoms with E-state index in [0.717, 1.165) is 32.5 Å². The fourth-order valence-corrected chi connectivity index (χ4v) is 2.70. The van der Waals surface area contributed by atoms with E-state index in [4.69, 9.17) is 11.6 Å². The van der Waals surface area contributed by atoms with Gasteiger partial charge in [-0.05, 0) is 38.3 Å². The zero-order valence-electron chi connectivity index (χ0n) is 12.6. The second-order valence-electron chi connectivity index (χ2n) is 4.84. The smallest absolute Gasteiger partial charge is 0.242 e. The third kappa shape index (κ3) is 3.34. The van der Waals surface area contributed by atoms with Crippen molar-refractivity contribution < 1.29 is 4.79 Å². The van der Waals surface area contributed by atoms with Crippen LogP contribution in [0, 0.1) is 0 Å². The average molecular weight is 313 g/mol. The monoisotopic (exact) mass is 312 g/mol. The third-order valence-electron chi connectivity index (χ3n) is 3.69. The molecule has 1 aliphatic heterocycles. The first-order valence-electron chi connectivity index (χ1n) is 7.25. The topological polar surface area (TPSA) is 74.2 Å². The maximum atomic E-state index is 11.9. The highest BCUT2D eigenvalue weighted by molar-refractivity contribution is 6.28. The van der Waals surface area contributed by atoms with Crippen LogP contribution in [0.15, 0.2) is 0 Å². The Balaban J connectivity index is 2.32. The Hall–Kier alpha value is -1.63. The molecule has 0 bridgehead atoms. The number of amides is 1. The molecule has 0 aromatic carbocycles. The number of nitrogens with zero attached hydrogens (tertiary/aromatic N) is 5. The van der Waals surface area contributed by atoms with Crippen molar-refractivity contribution in [1.29, 1.82) is 0 Å². The van der Waals surface area contributed by atoms with E-state index in [1.54, 1.807) is 7.05 Å². The maximum Gasteiger partial charge on any atom is 0.242 e. The van der Waals surface area contributed by atoms with Gasteiger partial charge in [0.2, 0.25) is 23.1 Å². The lowest BCUT2D eigenvalue weighted by Gasteiger charge is -2.25. The molecular formula is C13H21ClN6O. The molecule has 0 saturated carbocycles. The number of anilines is 2. The Morgan fingerprint density at radius 1 is 1.38 bits per heavy atom. The molecule has 1 amide bonds. The van der Waals surface area contributed by atoms with E-state index < -0.39 is 0 Å². The summed E-state index contributed by atoms with van der Waals surface area (Å²) >= 11 is 6.03. The molecule has 2 heterocycles. The predicted molar refractivity (Wildman–Crippen MR) is 82.8 cm³/mol. The second kappa shape index (κ2) is 6.89. The molecule has 1 atom stereocenters. The van der Waals surface area contributed by atoms with Gasteiger partial charge in [0, 0.05) is 26.7 Å². The number of rotatable bonds is 5. The molecule has 1 saturated heterocycles. The summed E-state index contributed by atoms with van der Waals surface area (Å²) in [4.78, 5) is 28.7. The van der Waals surface area contributed by atoms with Crippen LogP contribution in [0.1, 0.15) is 26.7 Å². The van der Waals surface area contributed by atoms with Crippen LogP contribution < -0.4 is 15.1 Å². The normalized spacial score (nSPS) is 17.9. The average Bonchev–Trinajstić information content (AvgIpc) is 2.96. The molecule has 0 spiro atoms. The van der Waals surface area contributed by atoms with E-state index in [0.29, 0.717) is 11.9 Å². The maximum absolute atomic E-state index is 11.9. The molecular weight excluding hydrogens is 292 g/mol. The third-order valence-corrected chi connectivity index (χ3v) is 3.86. The Bertz CT molecular complexity index is 507. The number of carbonyl (C=O) groups excluding carboxylic acids is 1. The molecule has 0 aliphatic carbocycles. The molecule has 116 valence electrons. The largest absolute Gasteiger partial charge is 0.357 e. The van der Waals surface area contributed by atoms with E-state index in [1.165, 1.54) is 0 Å². The lowest BCUT2D eigenvalue weighted by atomic mass is 10.2. The molecule has 1 N–H and O–H groups in total. The highest BCUT2D eigenvalue weighted by Crippen LogP contribution is 2.25. The van der Waals surface area contributed by atoms with Gasteiger partial charge in [-0.2, -0.15) is 15.0 Å². The molecule has 0 radical (unpaired) electrons. The van der Waals surface area contributed by atoms with Crippen LogP contribution in [0.4, 0.5) is 11.9 Å². The number of likely N-dealkylation sites (N-methyl/N-ethyl adjacent to an activating group) is 1. The van der Waals surface area contributed by atoms with Crippen LogP contribution in [0.25, 0.3) is 0 Å². The number of carbonyl (C=O) groups is 1. The van der Waals surface area contributed by atoms with Crippen LogP contribution in [0.5, 0.6) is 0 Å². The van der Waals surface area contributed by atoms with Crippen LogP contribution in [-0.4, -0.2) is 53.6 Å². The van der Waals surface area contributed by atoms with Crippen molar-refractivity contribution in [3.63, 3.8) is 0 Å². The number of nitrogens with one attached hydrogen (secondary N) is 1. The van der Waals surface area contributed by atoms with Gasteiger partial charge in [0.1, 0.15) is 6.04 Å². The van der Waals surface area contributed by atoms with Crippen molar-refractivity contribution in [2.75, 3.05) is 36.5 Å². The lowest BCUT2D eigenvalue weighted by Crippen LogP contribution is -2.43. The van der Waals surface area contributed by atoms with Gasteiger partial charge in [0.25, 0.3) is 0 Å². The van der Waals surface area contributed by atoms with Gasteiger partial charge in [-0.25, -0.2) is 0 Å². The summed E-state index contributed by atoms with van der Waals surface area (Å²) in [5.74, 6) is 1.01. The quantitative estimate of drug-likeness (QED) is 0.877. The Morgan fingerprint density at radius 3 is 2.71 bits per heavy atom. The molecule has 21 heavy (non-hydrogen) atoms. The lowest BCUT2D eigenvalue weighted by molar-refractivity contribution is -0.121. The van der Waals surface area contributed by atoms with Gasteiger partial charge in [0.15, 0.2) is 0 Å². The van der Waals surface area contributed by atoms with Crippen molar-refractivity contribution >= 4 is 29.4 Å². The van der Waals surface area contributed by atoms with Crippen LogP contribution in [-0.2, 0) is 4.79 Å². The number of halogens is 1. The Kier molecular flexibility index (Phi) is 5.17. The van der Waals surface area contributed by atoms with Gasteiger partial charge < -0.3 is 15.1 Å². The molecule has 1 aliphatic rings. The van der Waals surface area contributed by atoms with E-state index in [9.17, 15) is 4.79 Å². The SMILES string of the molecule is CCN(CC)c1nc(Cl)nc(N2CCCC2C(=O)NC)n1. The van der Waals surface area contributed by atoms with Gasteiger partial charge >= 0.3 is 0 Å². The summed E-state index contributed by atoms with van der Waals surface area (Å²) in [5.41, 5.74) is 0. The standard InChI is InChI=1S/C13H21ClN6O/c1-4-19(5-2)12-16-11(14)17-13(18-12)20-8-6-7-9(20)10(21)15-3/h9H,4-8H2,1-3H3,(H,15,21). The van der Waals surface area contributed by atoms with Crippen molar-refractivity contribution in [3.8, 4) is 0 Å².